The topological polar surface area (TPSA) is 57.7 Å². The minimum Gasteiger partial charge on any atom is -0.444 e. The number of nitrogens with one attached hydrogen (secondary N) is 1. The van der Waals surface area contributed by atoms with Gasteiger partial charge in [0.2, 0.25) is 0 Å². The Morgan fingerprint density at radius 2 is 2.07 bits per heavy atom. The second-order valence-electron chi connectivity index (χ2n) is 9.94. The summed E-state index contributed by atoms with van der Waals surface area (Å²) in [6, 6.07) is 5.24. The molecule has 0 aromatic carbocycles. The number of likely N-dealkylation sites (tertiary alicyclic amines) is 1. The summed E-state index contributed by atoms with van der Waals surface area (Å²) in [6.45, 7) is 8.45. The standard InChI is InChI=1S/C24H40N4O2/c1-24(2,3)30-23(29)28-17-14-21(18-28)27(4)16-8-6-5-7-11-20-13-12-19-10-9-15-25-22(19)26-20/h9-10,15,20-21H,5-8,11-14,16-18H2,1-4H3,(H,25,26)/t20-,21+/m0/s1. The fraction of sp³-hybridized carbons (Fsp3) is 0.750. The van der Waals surface area contributed by atoms with E-state index in [4.69, 9.17) is 4.74 Å². The van der Waals surface area contributed by atoms with E-state index >= 15 is 0 Å². The zero-order valence-electron chi connectivity index (χ0n) is 19.3. The number of hydrogen-bond donors (Lipinski definition) is 1. The molecule has 3 rings (SSSR count). The quantitative estimate of drug-likeness (QED) is 0.623. The van der Waals surface area contributed by atoms with E-state index in [0.717, 1.165) is 38.3 Å². The highest BCUT2D eigenvalue weighted by molar-refractivity contribution is 5.68. The molecule has 2 aliphatic rings. The highest BCUT2D eigenvalue weighted by atomic mass is 16.6. The molecule has 0 radical (unpaired) electrons. The van der Waals surface area contributed by atoms with Crippen molar-refractivity contribution in [2.45, 2.75) is 89.8 Å². The minimum atomic E-state index is -0.423. The molecule has 2 atom stereocenters. The number of anilines is 1. The Morgan fingerprint density at radius 1 is 1.27 bits per heavy atom. The number of aromatic nitrogens is 1. The first-order valence-corrected chi connectivity index (χ1v) is 11.7. The summed E-state index contributed by atoms with van der Waals surface area (Å²) < 4.78 is 5.50. The molecule has 168 valence electrons. The fourth-order valence-electron chi connectivity index (χ4n) is 4.46. The Bertz CT molecular complexity index is 688. The van der Waals surface area contributed by atoms with Crippen molar-refractivity contribution >= 4 is 11.9 Å². The lowest BCUT2D eigenvalue weighted by Crippen LogP contribution is -2.39. The summed E-state index contributed by atoms with van der Waals surface area (Å²) >= 11 is 0. The number of aryl methyl sites for hydroxylation is 1. The average molecular weight is 417 g/mol. The first-order valence-electron chi connectivity index (χ1n) is 11.7. The van der Waals surface area contributed by atoms with Gasteiger partial charge in [-0.05, 0) is 78.1 Å². The van der Waals surface area contributed by atoms with Crippen LogP contribution in [0, 0.1) is 0 Å². The first-order chi connectivity index (χ1) is 14.3. The number of rotatable bonds is 8. The first kappa shape index (κ1) is 22.9. The molecule has 1 N–H and O–H groups in total. The van der Waals surface area contributed by atoms with Crippen LogP contribution in [0.5, 0.6) is 0 Å². The zero-order valence-corrected chi connectivity index (χ0v) is 19.3. The molecule has 1 aromatic heterocycles. The highest BCUT2D eigenvalue weighted by Crippen LogP contribution is 2.24. The number of unbranched alkanes of at least 4 members (excludes halogenated alkanes) is 3. The lowest BCUT2D eigenvalue weighted by Gasteiger charge is -2.27. The SMILES string of the molecule is CN(CCCCCC[C@H]1CCc2cccnc2N1)[C@@H]1CCN(C(=O)OC(C)(C)C)C1. The number of nitrogens with zero attached hydrogens (tertiary/aromatic N) is 3. The van der Waals surface area contributed by atoms with Crippen molar-refractivity contribution in [3.8, 4) is 0 Å². The van der Waals surface area contributed by atoms with E-state index < -0.39 is 5.60 Å². The van der Waals surface area contributed by atoms with Gasteiger partial charge >= 0.3 is 6.09 Å². The number of hydrogen-bond acceptors (Lipinski definition) is 5. The average Bonchev–Trinajstić information content (AvgIpc) is 3.20. The van der Waals surface area contributed by atoms with Crippen molar-refractivity contribution in [1.82, 2.24) is 14.8 Å². The van der Waals surface area contributed by atoms with Gasteiger partial charge in [0.15, 0.2) is 0 Å². The molecule has 1 fully saturated rings. The summed E-state index contributed by atoms with van der Waals surface area (Å²) in [5, 5.41) is 3.61. The van der Waals surface area contributed by atoms with E-state index in [9.17, 15) is 4.79 Å². The van der Waals surface area contributed by atoms with Gasteiger partial charge < -0.3 is 19.9 Å². The monoisotopic (exact) mass is 416 g/mol. The number of pyridine rings is 1. The molecule has 1 amide bonds. The lowest BCUT2D eigenvalue weighted by atomic mass is 9.96. The van der Waals surface area contributed by atoms with E-state index in [1.807, 2.05) is 37.9 Å². The number of ether oxygens (including phenoxy) is 1. The van der Waals surface area contributed by atoms with E-state index in [-0.39, 0.29) is 6.09 Å². The number of amides is 1. The van der Waals surface area contributed by atoms with Crippen molar-refractivity contribution in [2.24, 2.45) is 0 Å². The largest absolute Gasteiger partial charge is 0.444 e. The molecule has 3 heterocycles. The zero-order chi connectivity index (χ0) is 21.6. The van der Waals surface area contributed by atoms with Crippen molar-refractivity contribution in [1.29, 1.82) is 0 Å². The Hall–Kier alpha value is -1.82. The van der Waals surface area contributed by atoms with Crippen LogP contribution >= 0.6 is 0 Å². The summed E-state index contributed by atoms with van der Waals surface area (Å²) in [4.78, 5) is 21.0. The molecule has 0 saturated carbocycles. The van der Waals surface area contributed by atoms with Crippen LogP contribution in [0.25, 0.3) is 0 Å². The number of likely N-dealkylation sites (N-methyl/N-ethyl adjacent to an activating group) is 1. The minimum absolute atomic E-state index is 0.174. The maximum Gasteiger partial charge on any atom is 0.410 e. The summed E-state index contributed by atoms with van der Waals surface area (Å²) in [7, 11) is 2.19. The van der Waals surface area contributed by atoms with Crippen molar-refractivity contribution in [2.75, 3.05) is 32.0 Å². The van der Waals surface area contributed by atoms with Gasteiger partial charge in [0, 0.05) is 31.4 Å². The van der Waals surface area contributed by atoms with E-state index in [0.29, 0.717) is 12.1 Å². The summed E-state index contributed by atoms with van der Waals surface area (Å²) in [5.41, 5.74) is 0.933. The fourth-order valence-corrected chi connectivity index (χ4v) is 4.46. The maximum atomic E-state index is 12.2. The summed E-state index contributed by atoms with van der Waals surface area (Å²) in [5.74, 6) is 1.09. The van der Waals surface area contributed by atoms with Crippen LogP contribution in [0.3, 0.4) is 0 Å². The molecular weight excluding hydrogens is 376 g/mol. The van der Waals surface area contributed by atoms with Crippen LogP contribution in [0.4, 0.5) is 10.6 Å². The van der Waals surface area contributed by atoms with Crippen molar-refractivity contribution in [3.63, 3.8) is 0 Å². The molecule has 0 spiro atoms. The van der Waals surface area contributed by atoms with Crippen LogP contribution in [-0.4, -0.2) is 65.2 Å². The van der Waals surface area contributed by atoms with Gasteiger partial charge in [0.25, 0.3) is 0 Å². The third-order valence-corrected chi connectivity index (χ3v) is 6.25. The molecule has 2 aliphatic heterocycles. The van der Waals surface area contributed by atoms with Gasteiger partial charge in [-0.1, -0.05) is 25.3 Å². The number of fused-ring (bicyclic) bond motifs is 1. The van der Waals surface area contributed by atoms with Crippen LogP contribution in [0.1, 0.15) is 71.3 Å². The number of carbonyl (C=O) groups is 1. The molecule has 0 bridgehead atoms. The predicted octanol–water partition coefficient (Wildman–Crippen LogP) is 4.70. The van der Waals surface area contributed by atoms with E-state index in [2.05, 4.69) is 28.3 Å². The lowest BCUT2D eigenvalue weighted by molar-refractivity contribution is 0.0282. The van der Waals surface area contributed by atoms with Crippen molar-refractivity contribution < 1.29 is 9.53 Å². The maximum absolute atomic E-state index is 12.2. The molecule has 1 aromatic rings. The summed E-state index contributed by atoms with van der Waals surface area (Å²) in [6.07, 6.45) is 11.4. The molecule has 0 aliphatic carbocycles. The van der Waals surface area contributed by atoms with Gasteiger partial charge in [0.1, 0.15) is 11.4 Å². The third-order valence-electron chi connectivity index (χ3n) is 6.25. The molecule has 6 nitrogen and oxygen atoms in total. The second-order valence-corrected chi connectivity index (χ2v) is 9.94. The third kappa shape index (κ3) is 6.86. The normalized spacial score (nSPS) is 21.4. The van der Waals surface area contributed by atoms with Crippen LogP contribution in [0.2, 0.25) is 0 Å². The van der Waals surface area contributed by atoms with Gasteiger partial charge in [-0.3, -0.25) is 0 Å². The van der Waals surface area contributed by atoms with Crippen molar-refractivity contribution in [3.05, 3.63) is 23.9 Å². The Balaban J connectivity index is 1.25. The molecular formula is C24H40N4O2. The van der Waals surface area contributed by atoms with Gasteiger partial charge in [-0.2, -0.15) is 0 Å². The van der Waals surface area contributed by atoms with Crippen LogP contribution in [0.15, 0.2) is 18.3 Å². The van der Waals surface area contributed by atoms with E-state index in [1.54, 1.807) is 0 Å². The number of carbonyl (C=O) groups excluding carboxylic acids is 1. The molecule has 0 unspecified atom stereocenters. The Labute approximate surface area is 182 Å². The molecule has 30 heavy (non-hydrogen) atoms. The second kappa shape index (κ2) is 10.5. The van der Waals surface area contributed by atoms with Gasteiger partial charge in [-0.15, -0.1) is 0 Å². The van der Waals surface area contributed by atoms with Gasteiger partial charge in [-0.25, -0.2) is 9.78 Å². The van der Waals surface area contributed by atoms with Gasteiger partial charge in [0.05, 0.1) is 0 Å². The van der Waals surface area contributed by atoms with Crippen LogP contribution < -0.4 is 5.32 Å². The smallest absolute Gasteiger partial charge is 0.410 e. The van der Waals surface area contributed by atoms with E-state index in [1.165, 1.54) is 44.1 Å². The highest BCUT2D eigenvalue weighted by Gasteiger charge is 2.31. The van der Waals surface area contributed by atoms with Crippen LogP contribution in [-0.2, 0) is 11.2 Å². The Kier molecular flexibility index (Phi) is 7.98. The Morgan fingerprint density at radius 3 is 2.87 bits per heavy atom. The predicted molar refractivity (Wildman–Crippen MR) is 122 cm³/mol. The molecule has 6 heteroatoms. The molecule has 1 saturated heterocycles.